The van der Waals surface area contributed by atoms with Crippen LogP contribution in [0, 0.1) is 0 Å². The molecule has 0 atom stereocenters. The van der Waals surface area contributed by atoms with Gasteiger partial charge in [-0.25, -0.2) is 8.42 Å². The van der Waals surface area contributed by atoms with Crippen molar-refractivity contribution in [2.45, 2.75) is 11.3 Å². The van der Waals surface area contributed by atoms with E-state index in [0.717, 1.165) is 5.56 Å². The first kappa shape index (κ1) is 13.8. The van der Waals surface area contributed by atoms with E-state index in [4.69, 9.17) is 10.5 Å². The van der Waals surface area contributed by atoms with E-state index in [1.165, 1.54) is 4.31 Å². The number of nitrogens with zero attached hydrogens (tertiary/aromatic N) is 1. The van der Waals surface area contributed by atoms with E-state index in [0.29, 0.717) is 30.1 Å². The van der Waals surface area contributed by atoms with Crippen LogP contribution in [0.25, 0.3) is 0 Å². The van der Waals surface area contributed by atoms with Crippen LogP contribution in [0.1, 0.15) is 5.56 Å². The largest absolute Gasteiger partial charge is 0.497 e. The molecule has 0 bridgehead atoms. The molecule has 0 spiro atoms. The molecule has 0 unspecified atom stereocenters. The van der Waals surface area contributed by atoms with Crippen molar-refractivity contribution >= 4 is 21.4 Å². The van der Waals surface area contributed by atoms with Crippen molar-refractivity contribution in [3.8, 4) is 5.75 Å². The Bertz CT molecular complexity index is 770. The van der Waals surface area contributed by atoms with Crippen LogP contribution in [0.4, 0.5) is 11.4 Å². The van der Waals surface area contributed by atoms with Gasteiger partial charge in [-0.05, 0) is 48.4 Å². The summed E-state index contributed by atoms with van der Waals surface area (Å²) in [7, 11) is -2.03. The highest BCUT2D eigenvalue weighted by molar-refractivity contribution is 7.92. The van der Waals surface area contributed by atoms with Crippen molar-refractivity contribution in [1.82, 2.24) is 0 Å². The Morgan fingerprint density at radius 3 is 2.52 bits per heavy atom. The van der Waals surface area contributed by atoms with E-state index in [1.54, 1.807) is 43.5 Å². The lowest BCUT2D eigenvalue weighted by Gasteiger charge is -2.20. The fraction of sp³-hybridized carbons (Fsp3) is 0.200. The van der Waals surface area contributed by atoms with Crippen LogP contribution >= 0.6 is 0 Å². The minimum absolute atomic E-state index is 0.249. The average molecular weight is 304 g/mol. The standard InChI is InChI=1S/C15H16N2O3S/c1-20-13-4-6-14(7-5-13)21(18,19)17-9-8-11-2-3-12(16)10-15(11)17/h2-7,10H,8-9,16H2,1H3. The number of nitrogens with two attached hydrogens (primary N) is 1. The lowest BCUT2D eigenvalue weighted by Crippen LogP contribution is -2.29. The molecule has 21 heavy (non-hydrogen) atoms. The van der Waals surface area contributed by atoms with Gasteiger partial charge in [0.1, 0.15) is 5.75 Å². The van der Waals surface area contributed by atoms with Gasteiger partial charge in [-0.3, -0.25) is 4.31 Å². The fourth-order valence-electron chi connectivity index (χ4n) is 2.49. The van der Waals surface area contributed by atoms with Crippen LogP contribution in [-0.2, 0) is 16.4 Å². The summed E-state index contributed by atoms with van der Waals surface area (Å²) in [6, 6.07) is 11.8. The van der Waals surface area contributed by atoms with Gasteiger partial charge in [-0.15, -0.1) is 0 Å². The van der Waals surface area contributed by atoms with Gasteiger partial charge in [-0.2, -0.15) is 0 Å². The molecule has 1 aliphatic heterocycles. The van der Waals surface area contributed by atoms with Gasteiger partial charge in [0, 0.05) is 12.2 Å². The molecule has 1 heterocycles. The highest BCUT2D eigenvalue weighted by Crippen LogP contribution is 2.34. The van der Waals surface area contributed by atoms with Crippen molar-refractivity contribution in [2.24, 2.45) is 0 Å². The van der Waals surface area contributed by atoms with Gasteiger partial charge in [0.25, 0.3) is 10.0 Å². The molecule has 110 valence electrons. The molecule has 3 rings (SSSR count). The first-order chi connectivity index (χ1) is 10.0. The summed E-state index contributed by atoms with van der Waals surface area (Å²) in [4.78, 5) is 0.249. The van der Waals surface area contributed by atoms with Gasteiger partial charge in [-0.1, -0.05) is 6.07 Å². The van der Waals surface area contributed by atoms with Gasteiger partial charge in [0.15, 0.2) is 0 Å². The summed E-state index contributed by atoms with van der Waals surface area (Å²) in [5.41, 5.74) is 8.01. The van der Waals surface area contributed by atoms with Crippen LogP contribution in [0.5, 0.6) is 5.75 Å². The highest BCUT2D eigenvalue weighted by Gasteiger charge is 2.30. The summed E-state index contributed by atoms with van der Waals surface area (Å²) in [5, 5.41) is 0. The van der Waals surface area contributed by atoms with E-state index in [1.807, 2.05) is 6.07 Å². The molecule has 0 saturated heterocycles. The Morgan fingerprint density at radius 2 is 1.86 bits per heavy atom. The Balaban J connectivity index is 2.02. The molecule has 0 saturated carbocycles. The first-order valence-corrected chi connectivity index (χ1v) is 8.01. The molecule has 2 aromatic carbocycles. The number of ether oxygens (including phenoxy) is 1. The molecule has 0 aliphatic carbocycles. The van der Waals surface area contributed by atoms with E-state index in [2.05, 4.69) is 0 Å². The smallest absolute Gasteiger partial charge is 0.264 e. The molecule has 2 aromatic rings. The van der Waals surface area contributed by atoms with Crippen molar-refractivity contribution in [2.75, 3.05) is 23.7 Å². The van der Waals surface area contributed by atoms with Crippen molar-refractivity contribution in [3.63, 3.8) is 0 Å². The molecule has 0 amide bonds. The average Bonchev–Trinajstić information content (AvgIpc) is 2.91. The predicted octanol–water partition coefficient (Wildman–Crippen LogP) is 2.03. The molecule has 2 N–H and O–H groups in total. The van der Waals surface area contributed by atoms with Crippen molar-refractivity contribution in [3.05, 3.63) is 48.0 Å². The highest BCUT2D eigenvalue weighted by atomic mass is 32.2. The van der Waals surface area contributed by atoms with E-state index in [-0.39, 0.29) is 4.90 Å². The number of hydrogen-bond acceptors (Lipinski definition) is 4. The van der Waals surface area contributed by atoms with Crippen LogP contribution < -0.4 is 14.8 Å². The van der Waals surface area contributed by atoms with E-state index >= 15 is 0 Å². The number of methoxy groups -OCH3 is 1. The second-order valence-electron chi connectivity index (χ2n) is 4.89. The van der Waals surface area contributed by atoms with Crippen molar-refractivity contribution < 1.29 is 13.2 Å². The third-order valence-electron chi connectivity index (χ3n) is 3.61. The van der Waals surface area contributed by atoms with Gasteiger partial charge >= 0.3 is 0 Å². The Hall–Kier alpha value is -2.21. The maximum Gasteiger partial charge on any atom is 0.264 e. The lowest BCUT2D eigenvalue weighted by atomic mass is 10.1. The molecule has 5 nitrogen and oxygen atoms in total. The molecule has 1 aliphatic rings. The Labute approximate surface area is 124 Å². The normalized spacial score (nSPS) is 14.0. The van der Waals surface area contributed by atoms with E-state index in [9.17, 15) is 8.42 Å². The molecule has 0 fully saturated rings. The second kappa shape index (κ2) is 4.96. The van der Waals surface area contributed by atoms with Crippen LogP contribution in [0.2, 0.25) is 0 Å². The Morgan fingerprint density at radius 1 is 1.14 bits per heavy atom. The zero-order chi connectivity index (χ0) is 15.0. The number of benzene rings is 2. The lowest BCUT2D eigenvalue weighted by molar-refractivity contribution is 0.414. The number of anilines is 2. The predicted molar refractivity (Wildman–Crippen MR) is 82.1 cm³/mol. The molecular weight excluding hydrogens is 288 g/mol. The first-order valence-electron chi connectivity index (χ1n) is 6.57. The maximum absolute atomic E-state index is 12.8. The van der Waals surface area contributed by atoms with Crippen molar-refractivity contribution in [1.29, 1.82) is 0 Å². The summed E-state index contributed by atoms with van der Waals surface area (Å²) < 4.78 is 32.0. The summed E-state index contributed by atoms with van der Waals surface area (Å²) >= 11 is 0. The second-order valence-corrected chi connectivity index (χ2v) is 6.75. The maximum atomic E-state index is 12.8. The number of hydrogen-bond donors (Lipinski definition) is 1. The summed E-state index contributed by atoms with van der Waals surface area (Å²) in [5.74, 6) is 0.625. The topological polar surface area (TPSA) is 72.6 Å². The summed E-state index contributed by atoms with van der Waals surface area (Å²) in [6.07, 6.45) is 0.699. The monoisotopic (exact) mass is 304 g/mol. The number of sulfonamides is 1. The quantitative estimate of drug-likeness (QED) is 0.881. The Kier molecular flexibility index (Phi) is 3.25. The third-order valence-corrected chi connectivity index (χ3v) is 5.44. The zero-order valence-corrected chi connectivity index (χ0v) is 12.4. The minimum Gasteiger partial charge on any atom is -0.497 e. The van der Waals surface area contributed by atoms with Gasteiger partial charge < -0.3 is 10.5 Å². The van der Waals surface area contributed by atoms with Crippen LogP contribution in [0.3, 0.4) is 0 Å². The zero-order valence-electron chi connectivity index (χ0n) is 11.6. The molecule has 0 aromatic heterocycles. The minimum atomic E-state index is -3.57. The fourth-order valence-corrected chi connectivity index (χ4v) is 3.99. The molecular formula is C15H16N2O3S. The number of nitrogen functional groups attached to an aromatic ring is 1. The molecule has 6 heteroatoms. The summed E-state index contributed by atoms with van der Waals surface area (Å²) in [6.45, 7) is 0.438. The van der Waals surface area contributed by atoms with Gasteiger partial charge in [0.2, 0.25) is 0 Å². The van der Waals surface area contributed by atoms with Crippen LogP contribution in [-0.4, -0.2) is 22.1 Å². The van der Waals surface area contributed by atoms with Gasteiger partial charge in [0.05, 0.1) is 17.7 Å². The molecule has 0 radical (unpaired) electrons. The van der Waals surface area contributed by atoms with Crippen LogP contribution in [0.15, 0.2) is 47.4 Å². The number of rotatable bonds is 3. The third kappa shape index (κ3) is 2.31. The SMILES string of the molecule is COc1ccc(S(=O)(=O)N2CCc3ccc(N)cc32)cc1. The van der Waals surface area contributed by atoms with E-state index < -0.39 is 10.0 Å². The number of fused-ring (bicyclic) bond motifs is 1.